The molecule has 2 heterocycles. The Morgan fingerprint density at radius 3 is 2.53 bits per heavy atom. The van der Waals surface area contributed by atoms with Gasteiger partial charge in [-0.2, -0.15) is 10.2 Å². The zero-order valence-electron chi connectivity index (χ0n) is 10.8. The third-order valence-corrected chi connectivity index (χ3v) is 3.07. The van der Waals surface area contributed by atoms with Gasteiger partial charge in [-0.1, -0.05) is 6.92 Å². The van der Waals surface area contributed by atoms with Gasteiger partial charge in [-0.05, 0) is 25.6 Å². The summed E-state index contributed by atoms with van der Waals surface area (Å²) in [5.41, 5.74) is 3.41. The third-order valence-electron chi connectivity index (χ3n) is 3.07. The highest BCUT2D eigenvalue weighted by molar-refractivity contribution is 5.23. The van der Waals surface area contributed by atoms with E-state index in [1.165, 1.54) is 0 Å². The molecule has 0 aromatic carbocycles. The van der Waals surface area contributed by atoms with Crippen LogP contribution < -0.4 is 5.32 Å². The first kappa shape index (κ1) is 11.9. The van der Waals surface area contributed by atoms with Crippen LogP contribution in [0, 0.1) is 0 Å². The second kappa shape index (κ2) is 4.71. The van der Waals surface area contributed by atoms with E-state index in [2.05, 4.69) is 28.5 Å². The van der Waals surface area contributed by atoms with E-state index in [0.29, 0.717) is 0 Å². The second-order valence-corrected chi connectivity index (χ2v) is 4.14. The number of aryl methyl sites for hydroxylation is 3. The number of aromatic nitrogens is 4. The zero-order valence-corrected chi connectivity index (χ0v) is 10.8. The molecule has 5 heteroatoms. The van der Waals surface area contributed by atoms with E-state index in [1.54, 1.807) is 0 Å². The van der Waals surface area contributed by atoms with Crippen molar-refractivity contribution < 1.29 is 0 Å². The summed E-state index contributed by atoms with van der Waals surface area (Å²) in [6.07, 6.45) is 2.77. The highest BCUT2D eigenvalue weighted by Crippen LogP contribution is 2.21. The molecule has 0 spiro atoms. The quantitative estimate of drug-likeness (QED) is 0.858. The van der Waals surface area contributed by atoms with E-state index in [4.69, 9.17) is 0 Å². The van der Waals surface area contributed by atoms with Crippen molar-refractivity contribution in [3.63, 3.8) is 0 Å². The molecule has 0 saturated carbocycles. The fourth-order valence-corrected chi connectivity index (χ4v) is 2.10. The molecule has 2 rings (SSSR count). The van der Waals surface area contributed by atoms with Crippen LogP contribution in [0.1, 0.15) is 30.0 Å². The van der Waals surface area contributed by atoms with Crippen molar-refractivity contribution >= 4 is 0 Å². The van der Waals surface area contributed by atoms with Gasteiger partial charge in [-0.25, -0.2) is 0 Å². The van der Waals surface area contributed by atoms with Crippen molar-refractivity contribution in [1.82, 2.24) is 24.9 Å². The molecular formula is C12H19N5. The third kappa shape index (κ3) is 2.10. The number of nitrogens with one attached hydrogen (secondary N) is 1. The monoisotopic (exact) mass is 233 g/mol. The fraction of sp³-hybridized carbons (Fsp3) is 0.500. The molecule has 92 valence electrons. The highest BCUT2D eigenvalue weighted by Gasteiger charge is 2.19. The molecular weight excluding hydrogens is 214 g/mol. The van der Waals surface area contributed by atoms with Gasteiger partial charge >= 0.3 is 0 Å². The molecule has 2 aromatic heterocycles. The molecule has 0 aliphatic heterocycles. The summed E-state index contributed by atoms with van der Waals surface area (Å²) in [6, 6.07) is 4.30. The molecule has 0 fully saturated rings. The summed E-state index contributed by atoms with van der Waals surface area (Å²) < 4.78 is 3.83. The molecule has 1 atom stereocenters. The van der Waals surface area contributed by atoms with Crippen molar-refractivity contribution in [1.29, 1.82) is 0 Å². The normalized spacial score (nSPS) is 12.9. The van der Waals surface area contributed by atoms with E-state index in [9.17, 15) is 0 Å². The molecule has 0 radical (unpaired) electrons. The minimum atomic E-state index is 0.125. The molecule has 0 aliphatic rings. The van der Waals surface area contributed by atoms with E-state index in [0.717, 1.165) is 23.5 Å². The van der Waals surface area contributed by atoms with Crippen LogP contribution in [0.5, 0.6) is 0 Å². The lowest BCUT2D eigenvalue weighted by Crippen LogP contribution is -2.23. The lowest BCUT2D eigenvalue weighted by atomic mass is 10.1. The van der Waals surface area contributed by atoms with Gasteiger partial charge in [-0.3, -0.25) is 9.36 Å². The minimum absolute atomic E-state index is 0.125. The molecule has 5 nitrogen and oxygen atoms in total. The molecule has 0 aliphatic carbocycles. The Bertz CT molecular complexity index is 497. The Hall–Kier alpha value is -1.62. The maximum Gasteiger partial charge on any atom is 0.0916 e. The average Bonchev–Trinajstić information content (AvgIpc) is 2.88. The molecule has 0 amide bonds. The lowest BCUT2D eigenvalue weighted by molar-refractivity contribution is 0.559. The summed E-state index contributed by atoms with van der Waals surface area (Å²) in [5, 5.41) is 12.0. The van der Waals surface area contributed by atoms with Gasteiger partial charge in [0.15, 0.2) is 0 Å². The summed E-state index contributed by atoms with van der Waals surface area (Å²) in [5.74, 6) is 0. The summed E-state index contributed by atoms with van der Waals surface area (Å²) in [6.45, 7) is 2.12. The maximum absolute atomic E-state index is 4.48. The molecule has 1 unspecified atom stereocenters. The van der Waals surface area contributed by atoms with E-state index in [1.807, 2.05) is 42.8 Å². The Morgan fingerprint density at radius 1 is 1.29 bits per heavy atom. The Labute approximate surface area is 101 Å². The number of nitrogens with zero attached hydrogens (tertiary/aromatic N) is 4. The van der Waals surface area contributed by atoms with Gasteiger partial charge in [0.05, 0.1) is 23.1 Å². The van der Waals surface area contributed by atoms with Crippen LogP contribution in [-0.2, 0) is 20.5 Å². The molecule has 2 aromatic rings. The Morgan fingerprint density at radius 2 is 2.06 bits per heavy atom. The number of hydrogen-bond acceptors (Lipinski definition) is 3. The number of hydrogen-bond donors (Lipinski definition) is 1. The van der Waals surface area contributed by atoms with Crippen molar-refractivity contribution in [3.8, 4) is 0 Å². The first-order chi connectivity index (χ1) is 8.17. The van der Waals surface area contributed by atoms with Crippen LogP contribution in [0.3, 0.4) is 0 Å². The van der Waals surface area contributed by atoms with Crippen molar-refractivity contribution in [2.75, 3.05) is 7.05 Å². The SMILES string of the molecule is CCc1cc(C(NC)c2ccnn2C)n(C)n1. The predicted octanol–water partition coefficient (Wildman–Crippen LogP) is 1.02. The summed E-state index contributed by atoms with van der Waals surface area (Å²) in [7, 11) is 5.89. The molecule has 0 saturated heterocycles. The van der Waals surface area contributed by atoms with Gasteiger partial charge in [0.2, 0.25) is 0 Å². The molecule has 0 bridgehead atoms. The topological polar surface area (TPSA) is 47.7 Å². The Balaban J connectivity index is 2.42. The van der Waals surface area contributed by atoms with Gasteiger partial charge in [0, 0.05) is 20.3 Å². The van der Waals surface area contributed by atoms with Crippen LogP contribution >= 0.6 is 0 Å². The van der Waals surface area contributed by atoms with Gasteiger partial charge in [0.1, 0.15) is 0 Å². The van der Waals surface area contributed by atoms with Crippen molar-refractivity contribution in [2.24, 2.45) is 14.1 Å². The van der Waals surface area contributed by atoms with Crippen LogP contribution in [0.25, 0.3) is 0 Å². The van der Waals surface area contributed by atoms with Crippen LogP contribution in [-0.4, -0.2) is 26.6 Å². The first-order valence-corrected chi connectivity index (χ1v) is 5.85. The largest absolute Gasteiger partial charge is 0.307 e. The predicted molar refractivity (Wildman–Crippen MR) is 66.7 cm³/mol. The van der Waals surface area contributed by atoms with Crippen molar-refractivity contribution in [3.05, 3.63) is 35.4 Å². The Kier molecular flexibility index (Phi) is 3.28. The van der Waals surface area contributed by atoms with Gasteiger partial charge in [-0.15, -0.1) is 0 Å². The van der Waals surface area contributed by atoms with E-state index in [-0.39, 0.29) is 6.04 Å². The van der Waals surface area contributed by atoms with Gasteiger partial charge < -0.3 is 5.32 Å². The minimum Gasteiger partial charge on any atom is -0.307 e. The molecule has 17 heavy (non-hydrogen) atoms. The van der Waals surface area contributed by atoms with Crippen LogP contribution in [0.15, 0.2) is 18.3 Å². The van der Waals surface area contributed by atoms with E-state index < -0.39 is 0 Å². The smallest absolute Gasteiger partial charge is 0.0916 e. The zero-order chi connectivity index (χ0) is 12.4. The maximum atomic E-state index is 4.48. The highest BCUT2D eigenvalue weighted by atomic mass is 15.3. The standard InChI is InChI=1S/C12H19N5/c1-5-9-8-11(17(4)15-9)12(13-2)10-6-7-14-16(10)3/h6-8,12-13H,5H2,1-4H3. The van der Waals surface area contributed by atoms with Crippen LogP contribution in [0.2, 0.25) is 0 Å². The number of rotatable bonds is 4. The fourth-order valence-electron chi connectivity index (χ4n) is 2.10. The first-order valence-electron chi connectivity index (χ1n) is 5.85. The average molecular weight is 233 g/mol. The molecule has 1 N–H and O–H groups in total. The summed E-state index contributed by atoms with van der Waals surface area (Å²) in [4.78, 5) is 0. The second-order valence-electron chi connectivity index (χ2n) is 4.14. The summed E-state index contributed by atoms with van der Waals surface area (Å²) >= 11 is 0. The van der Waals surface area contributed by atoms with Gasteiger partial charge in [0.25, 0.3) is 0 Å². The lowest BCUT2D eigenvalue weighted by Gasteiger charge is -2.16. The van der Waals surface area contributed by atoms with Crippen LogP contribution in [0.4, 0.5) is 0 Å². The van der Waals surface area contributed by atoms with E-state index >= 15 is 0 Å². The van der Waals surface area contributed by atoms with Crippen molar-refractivity contribution in [2.45, 2.75) is 19.4 Å².